The molecule has 5 nitrogen and oxygen atoms in total. The average molecular weight is 304 g/mol. The van der Waals surface area contributed by atoms with Gasteiger partial charge in [-0.25, -0.2) is 0 Å². The molecular weight excluding hydrogens is 289 g/mol. The number of carbonyl (C=O) groups excluding carboxylic acids is 2. The first-order valence-corrected chi connectivity index (χ1v) is 6.32. The highest BCUT2D eigenvalue weighted by Gasteiger charge is 2.11. The Morgan fingerprint density at radius 2 is 1.84 bits per heavy atom. The van der Waals surface area contributed by atoms with Gasteiger partial charge in [0, 0.05) is 12.1 Å². The molecule has 0 radical (unpaired) electrons. The molecule has 0 heterocycles. The topological polar surface area (TPSA) is 61.4 Å². The summed E-state index contributed by atoms with van der Waals surface area (Å²) in [5, 5.41) is 6.01. The van der Waals surface area contributed by atoms with E-state index in [0.29, 0.717) is 15.7 Å². The zero-order valence-electron chi connectivity index (χ0n) is 10.7. The molecule has 0 atom stereocenters. The predicted molar refractivity (Wildman–Crippen MR) is 76.7 cm³/mol. The van der Waals surface area contributed by atoms with Gasteiger partial charge in [-0.3, -0.25) is 14.5 Å². The van der Waals surface area contributed by atoms with Gasteiger partial charge < -0.3 is 10.6 Å². The number of likely N-dealkylation sites (N-methyl/N-ethyl adjacent to an activating group) is 2. The molecular formula is C12H15Cl2N3O2. The maximum Gasteiger partial charge on any atom is 0.238 e. The summed E-state index contributed by atoms with van der Waals surface area (Å²) < 4.78 is 0. The normalized spacial score (nSPS) is 10.4. The Balaban J connectivity index is 2.53. The summed E-state index contributed by atoms with van der Waals surface area (Å²) in [6.07, 6.45) is 0. The second-order valence-corrected chi connectivity index (χ2v) is 4.86. The van der Waals surface area contributed by atoms with Crippen LogP contribution in [0, 0.1) is 0 Å². The quantitative estimate of drug-likeness (QED) is 0.869. The van der Waals surface area contributed by atoms with Gasteiger partial charge >= 0.3 is 0 Å². The average Bonchev–Trinajstić information content (AvgIpc) is 2.32. The molecule has 0 aliphatic rings. The Hall–Kier alpha value is -1.30. The molecule has 1 aromatic carbocycles. The van der Waals surface area contributed by atoms with E-state index < -0.39 is 0 Å². The van der Waals surface area contributed by atoms with Crippen LogP contribution in [0.15, 0.2) is 18.2 Å². The molecule has 0 bridgehead atoms. The lowest BCUT2D eigenvalue weighted by Crippen LogP contribution is -2.37. The molecule has 0 spiro atoms. The Morgan fingerprint density at radius 3 is 2.42 bits per heavy atom. The van der Waals surface area contributed by atoms with Crippen LogP contribution in [0.25, 0.3) is 0 Å². The third kappa shape index (κ3) is 5.46. The lowest BCUT2D eigenvalue weighted by atomic mass is 10.3. The first kappa shape index (κ1) is 15.8. The van der Waals surface area contributed by atoms with E-state index >= 15 is 0 Å². The number of hydrogen-bond donors (Lipinski definition) is 2. The summed E-state index contributed by atoms with van der Waals surface area (Å²) in [5.74, 6) is -0.407. The number of carbonyl (C=O) groups is 2. The fourth-order valence-electron chi connectivity index (χ4n) is 1.41. The molecule has 2 N–H and O–H groups in total. The maximum absolute atomic E-state index is 11.8. The molecule has 7 heteroatoms. The van der Waals surface area contributed by atoms with Gasteiger partial charge in [0.1, 0.15) is 0 Å². The molecule has 0 fully saturated rings. The highest BCUT2D eigenvalue weighted by molar-refractivity contribution is 6.36. The van der Waals surface area contributed by atoms with Gasteiger partial charge in [-0.2, -0.15) is 0 Å². The SMILES string of the molecule is CNC(=O)CN(C)CC(=O)Nc1ccc(Cl)cc1Cl. The minimum atomic E-state index is -0.254. The van der Waals surface area contributed by atoms with Gasteiger partial charge in [0.05, 0.1) is 23.8 Å². The van der Waals surface area contributed by atoms with E-state index in [-0.39, 0.29) is 24.9 Å². The largest absolute Gasteiger partial charge is 0.358 e. The van der Waals surface area contributed by atoms with Crippen LogP contribution < -0.4 is 10.6 Å². The predicted octanol–water partition coefficient (Wildman–Crippen LogP) is 1.61. The zero-order chi connectivity index (χ0) is 14.4. The highest BCUT2D eigenvalue weighted by atomic mass is 35.5. The molecule has 1 rings (SSSR count). The third-order valence-electron chi connectivity index (χ3n) is 2.31. The van der Waals surface area contributed by atoms with Crippen LogP contribution >= 0.6 is 23.2 Å². The van der Waals surface area contributed by atoms with Crippen LogP contribution in [0.1, 0.15) is 0 Å². The summed E-state index contributed by atoms with van der Waals surface area (Å²) in [5.41, 5.74) is 0.490. The lowest BCUT2D eigenvalue weighted by Gasteiger charge is -2.15. The van der Waals surface area contributed by atoms with E-state index in [1.165, 1.54) is 0 Å². The Kier molecular flexibility index (Phi) is 6.08. The lowest BCUT2D eigenvalue weighted by molar-refractivity contribution is -0.122. The Bertz CT molecular complexity index is 480. The number of halogens is 2. The minimum absolute atomic E-state index is 0.0897. The molecule has 0 aliphatic carbocycles. The molecule has 0 saturated heterocycles. The molecule has 0 aromatic heterocycles. The highest BCUT2D eigenvalue weighted by Crippen LogP contribution is 2.25. The van der Waals surface area contributed by atoms with E-state index in [4.69, 9.17) is 23.2 Å². The van der Waals surface area contributed by atoms with Gasteiger partial charge in [0.2, 0.25) is 11.8 Å². The standard InChI is InChI=1S/C12H15Cl2N3O2/c1-15-11(18)6-17(2)7-12(19)16-10-4-3-8(13)5-9(10)14/h3-5H,6-7H2,1-2H3,(H,15,18)(H,16,19). The number of anilines is 1. The first-order chi connectivity index (χ1) is 8.92. The number of nitrogens with one attached hydrogen (secondary N) is 2. The van der Waals surface area contributed by atoms with Crippen molar-refractivity contribution in [2.75, 3.05) is 32.5 Å². The third-order valence-corrected chi connectivity index (χ3v) is 2.86. The summed E-state index contributed by atoms with van der Waals surface area (Å²) >= 11 is 11.7. The van der Waals surface area contributed by atoms with Crippen LogP contribution in [0.3, 0.4) is 0 Å². The summed E-state index contributed by atoms with van der Waals surface area (Å²) in [6, 6.07) is 4.81. The van der Waals surface area contributed by atoms with Gasteiger partial charge in [0.25, 0.3) is 0 Å². The summed E-state index contributed by atoms with van der Waals surface area (Å²) in [7, 11) is 3.22. The second-order valence-electron chi connectivity index (χ2n) is 4.02. The van der Waals surface area contributed by atoms with Crippen LogP contribution in [-0.4, -0.2) is 43.9 Å². The summed E-state index contributed by atoms with van der Waals surface area (Å²) in [4.78, 5) is 24.5. The number of benzene rings is 1. The van der Waals surface area contributed by atoms with E-state index in [0.717, 1.165) is 0 Å². The maximum atomic E-state index is 11.8. The van der Waals surface area contributed by atoms with Crippen molar-refractivity contribution < 1.29 is 9.59 Å². The molecule has 0 unspecified atom stereocenters. The van der Waals surface area contributed by atoms with E-state index in [1.54, 1.807) is 37.2 Å². The van der Waals surface area contributed by atoms with Crippen molar-refractivity contribution in [2.45, 2.75) is 0 Å². The van der Waals surface area contributed by atoms with E-state index in [1.807, 2.05) is 0 Å². The number of nitrogens with zero attached hydrogens (tertiary/aromatic N) is 1. The number of hydrogen-bond acceptors (Lipinski definition) is 3. The van der Waals surface area contributed by atoms with Crippen LogP contribution in [0.4, 0.5) is 5.69 Å². The first-order valence-electron chi connectivity index (χ1n) is 5.56. The molecule has 2 amide bonds. The molecule has 1 aromatic rings. The van der Waals surface area contributed by atoms with Crippen molar-refractivity contribution in [1.29, 1.82) is 0 Å². The van der Waals surface area contributed by atoms with Gasteiger partial charge in [-0.05, 0) is 25.2 Å². The van der Waals surface area contributed by atoms with Crippen molar-refractivity contribution in [1.82, 2.24) is 10.2 Å². The van der Waals surface area contributed by atoms with Gasteiger partial charge in [-0.1, -0.05) is 23.2 Å². The number of amides is 2. The van der Waals surface area contributed by atoms with Crippen molar-refractivity contribution in [3.8, 4) is 0 Å². The fourth-order valence-corrected chi connectivity index (χ4v) is 1.86. The molecule has 0 aliphatic heterocycles. The summed E-state index contributed by atoms with van der Waals surface area (Å²) in [6.45, 7) is 0.241. The van der Waals surface area contributed by atoms with Crippen molar-refractivity contribution in [3.05, 3.63) is 28.2 Å². The smallest absolute Gasteiger partial charge is 0.238 e. The van der Waals surface area contributed by atoms with Crippen molar-refractivity contribution in [3.63, 3.8) is 0 Å². The second kappa shape index (κ2) is 7.33. The Morgan fingerprint density at radius 1 is 1.21 bits per heavy atom. The van der Waals surface area contributed by atoms with Crippen LogP contribution in [0.5, 0.6) is 0 Å². The van der Waals surface area contributed by atoms with Gasteiger partial charge in [-0.15, -0.1) is 0 Å². The molecule has 19 heavy (non-hydrogen) atoms. The Labute approximate surface area is 121 Å². The van der Waals surface area contributed by atoms with E-state index in [2.05, 4.69) is 10.6 Å². The molecule has 104 valence electrons. The van der Waals surface area contributed by atoms with E-state index in [9.17, 15) is 9.59 Å². The van der Waals surface area contributed by atoms with Crippen molar-refractivity contribution in [2.24, 2.45) is 0 Å². The van der Waals surface area contributed by atoms with Crippen LogP contribution in [0.2, 0.25) is 10.0 Å². The van der Waals surface area contributed by atoms with Crippen LogP contribution in [-0.2, 0) is 9.59 Å². The molecule has 0 saturated carbocycles. The zero-order valence-corrected chi connectivity index (χ0v) is 12.2. The minimum Gasteiger partial charge on any atom is -0.358 e. The number of rotatable bonds is 5. The fraction of sp³-hybridized carbons (Fsp3) is 0.333. The van der Waals surface area contributed by atoms with Crippen molar-refractivity contribution >= 4 is 40.7 Å². The monoisotopic (exact) mass is 303 g/mol. The van der Waals surface area contributed by atoms with Gasteiger partial charge in [0.15, 0.2) is 0 Å².